The van der Waals surface area contributed by atoms with Crippen LogP contribution in [0.2, 0.25) is 0 Å². The molecule has 1 unspecified atom stereocenters. The molecule has 2 rings (SSSR count). The van der Waals surface area contributed by atoms with Gasteiger partial charge in [0.1, 0.15) is 5.82 Å². The fourth-order valence-electron chi connectivity index (χ4n) is 2.53. The van der Waals surface area contributed by atoms with Crippen LogP contribution in [0.4, 0.5) is 10.1 Å². The number of anilines is 1. The first-order valence-corrected chi connectivity index (χ1v) is 6.41. The van der Waals surface area contributed by atoms with Gasteiger partial charge in [0.2, 0.25) is 5.91 Å². The van der Waals surface area contributed by atoms with E-state index in [0.29, 0.717) is 30.1 Å². The zero-order valence-corrected chi connectivity index (χ0v) is 10.7. The van der Waals surface area contributed by atoms with Crippen molar-refractivity contribution in [2.75, 3.05) is 12.3 Å². The van der Waals surface area contributed by atoms with Gasteiger partial charge >= 0.3 is 0 Å². The second-order valence-corrected chi connectivity index (χ2v) is 4.98. The van der Waals surface area contributed by atoms with Gasteiger partial charge in [-0.05, 0) is 36.1 Å². The molecule has 0 bridgehead atoms. The van der Waals surface area contributed by atoms with Gasteiger partial charge in [-0.1, -0.05) is 13.3 Å². The molecule has 0 aromatic heterocycles. The van der Waals surface area contributed by atoms with Crippen molar-refractivity contribution >= 4 is 11.6 Å². The summed E-state index contributed by atoms with van der Waals surface area (Å²) in [6.07, 6.45) is 2.78. The Labute approximate surface area is 107 Å². The lowest BCUT2D eigenvalue weighted by Crippen LogP contribution is -2.25. The number of hydrogen-bond donors (Lipinski definition) is 1. The number of amides is 1. The molecule has 1 heterocycles. The molecular weight excluding hydrogens is 231 g/mol. The summed E-state index contributed by atoms with van der Waals surface area (Å²) in [4.78, 5) is 13.6. The van der Waals surface area contributed by atoms with Crippen molar-refractivity contribution in [3.63, 3.8) is 0 Å². The third-order valence-corrected chi connectivity index (χ3v) is 3.46. The molecule has 1 amide bonds. The summed E-state index contributed by atoms with van der Waals surface area (Å²) in [5, 5.41) is 0. The van der Waals surface area contributed by atoms with Crippen LogP contribution in [0.3, 0.4) is 0 Å². The predicted octanol–water partition coefficient (Wildman–Crippen LogP) is 2.56. The molecule has 1 aliphatic heterocycles. The highest BCUT2D eigenvalue weighted by atomic mass is 19.1. The average molecular weight is 250 g/mol. The molecule has 1 aromatic carbocycles. The van der Waals surface area contributed by atoms with Crippen LogP contribution < -0.4 is 5.73 Å². The molecule has 3 nitrogen and oxygen atoms in total. The normalized spacial score (nSPS) is 19.6. The highest BCUT2D eigenvalue weighted by molar-refractivity contribution is 5.78. The Kier molecular flexibility index (Phi) is 3.84. The predicted molar refractivity (Wildman–Crippen MR) is 69.2 cm³/mol. The standard InChI is InChI=1S/C14H19FN2O/c1-2-3-10-6-14(18)17(8-10)9-11-7-12(15)4-5-13(11)16/h4-5,7,10H,2-3,6,8-9,16H2,1H3. The van der Waals surface area contributed by atoms with Crippen LogP contribution in [-0.2, 0) is 11.3 Å². The second kappa shape index (κ2) is 5.38. The first kappa shape index (κ1) is 12.9. The maximum atomic E-state index is 13.2. The minimum Gasteiger partial charge on any atom is -0.398 e. The summed E-state index contributed by atoms with van der Waals surface area (Å²) in [5.41, 5.74) is 7.04. The van der Waals surface area contributed by atoms with Crippen molar-refractivity contribution in [1.29, 1.82) is 0 Å². The van der Waals surface area contributed by atoms with Crippen molar-refractivity contribution in [2.45, 2.75) is 32.7 Å². The van der Waals surface area contributed by atoms with E-state index in [1.807, 2.05) is 0 Å². The number of rotatable bonds is 4. The van der Waals surface area contributed by atoms with Gasteiger partial charge in [-0.25, -0.2) is 4.39 Å². The van der Waals surface area contributed by atoms with Gasteiger partial charge in [-0.15, -0.1) is 0 Å². The number of carbonyl (C=O) groups excluding carboxylic acids is 1. The second-order valence-electron chi connectivity index (χ2n) is 4.98. The molecular formula is C14H19FN2O. The van der Waals surface area contributed by atoms with Crippen LogP contribution in [0.1, 0.15) is 31.7 Å². The third-order valence-electron chi connectivity index (χ3n) is 3.46. The third kappa shape index (κ3) is 2.81. The van der Waals surface area contributed by atoms with E-state index in [9.17, 15) is 9.18 Å². The summed E-state index contributed by atoms with van der Waals surface area (Å²) in [5.74, 6) is 0.283. The quantitative estimate of drug-likeness (QED) is 0.835. The average Bonchev–Trinajstić information content (AvgIpc) is 2.65. The fourth-order valence-corrected chi connectivity index (χ4v) is 2.53. The number of nitrogens with zero attached hydrogens (tertiary/aromatic N) is 1. The van der Waals surface area contributed by atoms with E-state index < -0.39 is 0 Å². The molecule has 1 saturated heterocycles. The summed E-state index contributed by atoms with van der Waals surface area (Å²) in [6.45, 7) is 3.31. The summed E-state index contributed by atoms with van der Waals surface area (Å²) >= 11 is 0. The molecule has 0 aliphatic carbocycles. The van der Waals surface area contributed by atoms with E-state index in [4.69, 9.17) is 5.73 Å². The van der Waals surface area contributed by atoms with Crippen LogP contribution in [0.5, 0.6) is 0 Å². The Morgan fingerprint density at radius 1 is 1.50 bits per heavy atom. The Hall–Kier alpha value is -1.58. The van der Waals surface area contributed by atoms with Crippen molar-refractivity contribution < 1.29 is 9.18 Å². The number of carbonyl (C=O) groups is 1. The van der Waals surface area contributed by atoms with Gasteiger partial charge in [0.05, 0.1) is 0 Å². The van der Waals surface area contributed by atoms with Crippen molar-refractivity contribution in [3.05, 3.63) is 29.6 Å². The Bertz CT molecular complexity index is 447. The zero-order chi connectivity index (χ0) is 13.1. The summed E-state index contributed by atoms with van der Waals surface area (Å²) in [6, 6.07) is 4.30. The Morgan fingerprint density at radius 2 is 2.28 bits per heavy atom. The van der Waals surface area contributed by atoms with Crippen LogP contribution in [-0.4, -0.2) is 17.4 Å². The first-order chi connectivity index (χ1) is 8.60. The smallest absolute Gasteiger partial charge is 0.223 e. The summed E-state index contributed by atoms with van der Waals surface area (Å²) in [7, 11) is 0. The largest absolute Gasteiger partial charge is 0.398 e. The van der Waals surface area contributed by atoms with Gasteiger partial charge < -0.3 is 10.6 Å². The van der Waals surface area contributed by atoms with E-state index >= 15 is 0 Å². The topological polar surface area (TPSA) is 46.3 Å². The van der Waals surface area contributed by atoms with Crippen LogP contribution >= 0.6 is 0 Å². The van der Waals surface area contributed by atoms with Gasteiger partial charge in [-0.3, -0.25) is 4.79 Å². The molecule has 0 spiro atoms. The van der Waals surface area contributed by atoms with Crippen LogP contribution in [0, 0.1) is 11.7 Å². The maximum Gasteiger partial charge on any atom is 0.223 e. The van der Waals surface area contributed by atoms with Crippen LogP contribution in [0.25, 0.3) is 0 Å². The minimum absolute atomic E-state index is 0.150. The lowest BCUT2D eigenvalue weighted by Gasteiger charge is -2.18. The highest BCUT2D eigenvalue weighted by Crippen LogP contribution is 2.25. The molecule has 1 fully saturated rings. The molecule has 1 aromatic rings. The molecule has 2 N–H and O–H groups in total. The lowest BCUT2D eigenvalue weighted by atomic mass is 10.0. The molecule has 1 aliphatic rings. The van der Waals surface area contributed by atoms with Gasteiger partial charge in [0, 0.05) is 25.2 Å². The van der Waals surface area contributed by atoms with E-state index in [2.05, 4.69) is 6.92 Å². The first-order valence-electron chi connectivity index (χ1n) is 6.41. The van der Waals surface area contributed by atoms with Crippen molar-refractivity contribution in [2.24, 2.45) is 5.92 Å². The van der Waals surface area contributed by atoms with Gasteiger partial charge in [-0.2, -0.15) is 0 Å². The monoisotopic (exact) mass is 250 g/mol. The number of nitrogens with two attached hydrogens (primary N) is 1. The number of benzene rings is 1. The number of halogens is 1. The number of likely N-dealkylation sites (tertiary alicyclic amines) is 1. The molecule has 18 heavy (non-hydrogen) atoms. The number of nitrogen functional groups attached to an aromatic ring is 1. The fraction of sp³-hybridized carbons (Fsp3) is 0.500. The van der Waals surface area contributed by atoms with E-state index in [0.717, 1.165) is 19.4 Å². The molecule has 1 atom stereocenters. The Balaban J connectivity index is 2.05. The molecule has 4 heteroatoms. The van der Waals surface area contributed by atoms with Crippen molar-refractivity contribution in [1.82, 2.24) is 4.90 Å². The maximum absolute atomic E-state index is 13.2. The Morgan fingerprint density at radius 3 is 3.00 bits per heavy atom. The number of hydrogen-bond acceptors (Lipinski definition) is 2. The van der Waals surface area contributed by atoms with Crippen molar-refractivity contribution in [3.8, 4) is 0 Å². The molecule has 98 valence electrons. The van der Waals surface area contributed by atoms with E-state index in [1.54, 1.807) is 11.0 Å². The molecule has 0 radical (unpaired) electrons. The van der Waals surface area contributed by atoms with Crippen LogP contribution in [0.15, 0.2) is 18.2 Å². The zero-order valence-electron chi connectivity index (χ0n) is 10.7. The highest BCUT2D eigenvalue weighted by Gasteiger charge is 2.29. The van der Waals surface area contributed by atoms with E-state index in [1.165, 1.54) is 12.1 Å². The minimum atomic E-state index is -0.309. The van der Waals surface area contributed by atoms with Gasteiger partial charge in [0.15, 0.2) is 0 Å². The lowest BCUT2D eigenvalue weighted by molar-refractivity contribution is -0.128. The van der Waals surface area contributed by atoms with E-state index in [-0.39, 0.29) is 11.7 Å². The SMILES string of the molecule is CCCC1CC(=O)N(Cc2cc(F)ccc2N)C1. The molecule has 0 saturated carbocycles. The summed E-state index contributed by atoms with van der Waals surface area (Å²) < 4.78 is 13.2. The van der Waals surface area contributed by atoms with Gasteiger partial charge in [0.25, 0.3) is 0 Å².